The van der Waals surface area contributed by atoms with E-state index < -0.39 is 0 Å². The summed E-state index contributed by atoms with van der Waals surface area (Å²) in [4.78, 5) is 15.2. The molecule has 1 rings (SSSR count). The highest BCUT2D eigenvalue weighted by atomic mass is 16.5. The molecule has 5 nitrogen and oxygen atoms in total. The third-order valence-corrected chi connectivity index (χ3v) is 1.85. The van der Waals surface area contributed by atoms with Crippen LogP contribution in [0, 0.1) is 6.92 Å². The summed E-state index contributed by atoms with van der Waals surface area (Å²) in [6.07, 6.45) is 1.65. The molecule has 0 fully saturated rings. The molecule has 1 heterocycles. The standard InChI is InChI=1S/C11H16N2O3/c1-4-15-11(14)8(2)5-12-7-10-13-6-9(3)16-10/h6,12H,2,4-5,7H2,1,3H3. The molecule has 1 aromatic rings. The van der Waals surface area contributed by atoms with Crippen molar-refractivity contribution in [1.82, 2.24) is 10.3 Å². The van der Waals surface area contributed by atoms with E-state index in [-0.39, 0.29) is 5.97 Å². The van der Waals surface area contributed by atoms with Crippen molar-refractivity contribution < 1.29 is 13.9 Å². The highest BCUT2D eigenvalue weighted by Crippen LogP contribution is 2.01. The molecule has 5 heteroatoms. The number of ether oxygens (including phenoxy) is 1. The fraction of sp³-hybridized carbons (Fsp3) is 0.455. The molecule has 0 unspecified atom stereocenters. The topological polar surface area (TPSA) is 64.4 Å². The Morgan fingerprint density at radius 2 is 2.44 bits per heavy atom. The fourth-order valence-electron chi connectivity index (χ4n) is 1.11. The highest BCUT2D eigenvalue weighted by Gasteiger charge is 2.07. The number of aryl methyl sites for hydroxylation is 1. The number of aromatic nitrogens is 1. The maximum absolute atomic E-state index is 11.2. The van der Waals surface area contributed by atoms with Crippen LogP contribution in [0.1, 0.15) is 18.6 Å². The molecule has 0 atom stereocenters. The van der Waals surface area contributed by atoms with Crippen LogP contribution in [0.15, 0.2) is 22.8 Å². The second-order valence-corrected chi connectivity index (χ2v) is 3.29. The molecule has 0 aromatic carbocycles. The Bertz CT molecular complexity index is 371. The fourth-order valence-corrected chi connectivity index (χ4v) is 1.11. The summed E-state index contributed by atoms with van der Waals surface area (Å²) < 4.78 is 10.0. The largest absolute Gasteiger partial charge is 0.463 e. The van der Waals surface area contributed by atoms with Crippen LogP contribution in [-0.2, 0) is 16.1 Å². The summed E-state index contributed by atoms with van der Waals surface area (Å²) in [6.45, 7) is 8.39. The molecule has 1 N–H and O–H groups in total. The minimum atomic E-state index is -0.376. The van der Waals surface area contributed by atoms with Crippen LogP contribution in [0.25, 0.3) is 0 Å². The predicted molar refractivity (Wildman–Crippen MR) is 58.7 cm³/mol. The molecule has 16 heavy (non-hydrogen) atoms. The molecular formula is C11H16N2O3. The van der Waals surface area contributed by atoms with Crippen molar-refractivity contribution in [2.45, 2.75) is 20.4 Å². The molecule has 0 spiro atoms. The van der Waals surface area contributed by atoms with E-state index in [1.807, 2.05) is 6.92 Å². The maximum atomic E-state index is 11.2. The molecule has 88 valence electrons. The van der Waals surface area contributed by atoms with E-state index in [4.69, 9.17) is 9.15 Å². The Kier molecular flexibility index (Phi) is 4.72. The first kappa shape index (κ1) is 12.4. The lowest BCUT2D eigenvalue weighted by Gasteiger charge is -2.05. The van der Waals surface area contributed by atoms with Crippen molar-refractivity contribution in [3.8, 4) is 0 Å². The van der Waals surface area contributed by atoms with Gasteiger partial charge in [0.15, 0.2) is 0 Å². The zero-order chi connectivity index (χ0) is 12.0. The number of hydrogen-bond acceptors (Lipinski definition) is 5. The van der Waals surface area contributed by atoms with Gasteiger partial charge in [-0.1, -0.05) is 6.58 Å². The Morgan fingerprint density at radius 3 is 3.00 bits per heavy atom. The van der Waals surface area contributed by atoms with E-state index >= 15 is 0 Å². The van der Waals surface area contributed by atoms with Gasteiger partial charge in [0.05, 0.1) is 19.3 Å². The molecule has 0 saturated heterocycles. The predicted octanol–water partition coefficient (Wildman–Crippen LogP) is 1.19. The number of esters is 1. The first-order valence-corrected chi connectivity index (χ1v) is 5.10. The second-order valence-electron chi connectivity index (χ2n) is 3.29. The van der Waals surface area contributed by atoms with Crippen LogP contribution in [-0.4, -0.2) is 24.1 Å². The summed E-state index contributed by atoms with van der Waals surface area (Å²) in [5.41, 5.74) is 0.394. The lowest BCUT2D eigenvalue weighted by atomic mass is 10.3. The Morgan fingerprint density at radius 1 is 1.69 bits per heavy atom. The van der Waals surface area contributed by atoms with Crippen molar-refractivity contribution in [1.29, 1.82) is 0 Å². The third kappa shape index (κ3) is 3.86. The summed E-state index contributed by atoms with van der Waals surface area (Å²) in [6, 6.07) is 0. The van der Waals surface area contributed by atoms with Crippen molar-refractivity contribution in [2.75, 3.05) is 13.2 Å². The first-order valence-electron chi connectivity index (χ1n) is 5.10. The van der Waals surface area contributed by atoms with Gasteiger partial charge in [0.2, 0.25) is 5.89 Å². The average molecular weight is 224 g/mol. The highest BCUT2D eigenvalue weighted by molar-refractivity contribution is 5.88. The summed E-state index contributed by atoms with van der Waals surface area (Å²) >= 11 is 0. The van der Waals surface area contributed by atoms with Gasteiger partial charge in [0.25, 0.3) is 0 Å². The number of nitrogens with one attached hydrogen (secondary N) is 1. The third-order valence-electron chi connectivity index (χ3n) is 1.85. The van der Waals surface area contributed by atoms with Gasteiger partial charge < -0.3 is 14.5 Å². The summed E-state index contributed by atoms with van der Waals surface area (Å²) in [5.74, 6) is 0.980. The van der Waals surface area contributed by atoms with Crippen LogP contribution in [0.2, 0.25) is 0 Å². The minimum Gasteiger partial charge on any atom is -0.463 e. The van der Waals surface area contributed by atoms with E-state index in [9.17, 15) is 4.79 Å². The van der Waals surface area contributed by atoms with Gasteiger partial charge in [-0.3, -0.25) is 0 Å². The van der Waals surface area contributed by atoms with Crippen LogP contribution >= 0.6 is 0 Å². The number of carbonyl (C=O) groups excluding carboxylic acids is 1. The van der Waals surface area contributed by atoms with Gasteiger partial charge in [-0.05, 0) is 13.8 Å². The number of nitrogens with zero attached hydrogens (tertiary/aromatic N) is 1. The monoisotopic (exact) mass is 224 g/mol. The maximum Gasteiger partial charge on any atom is 0.334 e. The van der Waals surface area contributed by atoms with Gasteiger partial charge in [-0.2, -0.15) is 0 Å². The first-order chi connectivity index (χ1) is 7.63. The molecule has 0 saturated carbocycles. The zero-order valence-electron chi connectivity index (χ0n) is 9.58. The molecule has 0 radical (unpaired) electrons. The van der Waals surface area contributed by atoms with E-state index in [0.717, 1.165) is 5.76 Å². The van der Waals surface area contributed by atoms with Gasteiger partial charge in [0, 0.05) is 12.1 Å². The van der Waals surface area contributed by atoms with E-state index in [0.29, 0.717) is 31.2 Å². The van der Waals surface area contributed by atoms with E-state index in [1.54, 1.807) is 13.1 Å². The van der Waals surface area contributed by atoms with Crippen molar-refractivity contribution in [2.24, 2.45) is 0 Å². The van der Waals surface area contributed by atoms with Crippen LogP contribution in [0.4, 0.5) is 0 Å². The zero-order valence-corrected chi connectivity index (χ0v) is 9.58. The van der Waals surface area contributed by atoms with Crippen molar-refractivity contribution in [3.63, 3.8) is 0 Å². The van der Waals surface area contributed by atoms with E-state index in [2.05, 4.69) is 16.9 Å². The molecular weight excluding hydrogens is 208 g/mol. The van der Waals surface area contributed by atoms with Crippen molar-refractivity contribution >= 4 is 5.97 Å². The molecule has 0 amide bonds. The van der Waals surface area contributed by atoms with Gasteiger partial charge in [-0.25, -0.2) is 9.78 Å². The Balaban J connectivity index is 2.25. The van der Waals surface area contributed by atoms with E-state index in [1.165, 1.54) is 0 Å². The van der Waals surface area contributed by atoms with Crippen LogP contribution < -0.4 is 5.32 Å². The number of oxazole rings is 1. The SMILES string of the molecule is C=C(CNCc1ncc(C)o1)C(=O)OCC. The van der Waals surface area contributed by atoms with Gasteiger partial charge >= 0.3 is 5.97 Å². The van der Waals surface area contributed by atoms with Crippen LogP contribution in [0.5, 0.6) is 0 Å². The molecule has 0 aliphatic carbocycles. The van der Waals surface area contributed by atoms with Crippen molar-refractivity contribution in [3.05, 3.63) is 30.0 Å². The molecule has 0 bridgehead atoms. The quantitative estimate of drug-likeness (QED) is 0.581. The number of hydrogen-bond donors (Lipinski definition) is 1. The molecule has 1 aromatic heterocycles. The Hall–Kier alpha value is -1.62. The average Bonchev–Trinajstić information content (AvgIpc) is 2.64. The summed E-state index contributed by atoms with van der Waals surface area (Å²) in [7, 11) is 0. The normalized spacial score (nSPS) is 10.1. The Labute approximate surface area is 94.5 Å². The van der Waals surface area contributed by atoms with Gasteiger partial charge in [0.1, 0.15) is 5.76 Å². The number of carbonyl (C=O) groups is 1. The molecule has 0 aliphatic heterocycles. The molecule has 0 aliphatic rings. The van der Waals surface area contributed by atoms with Gasteiger partial charge in [-0.15, -0.1) is 0 Å². The minimum absolute atomic E-state index is 0.358. The smallest absolute Gasteiger partial charge is 0.334 e. The number of rotatable bonds is 6. The lowest BCUT2D eigenvalue weighted by molar-refractivity contribution is -0.138. The second kappa shape index (κ2) is 6.07. The summed E-state index contributed by atoms with van der Waals surface area (Å²) in [5, 5.41) is 3.00. The van der Waals surface area contributed by atoms with Crippen LogP contribution in [0.3, 0.4) is 0 Å². The lowest BCUT2D eigenvalue weighted by Crippen LogP contribution is -2.21.